The highest BCUT2D eigenvalue weighted by atomic mass is 16.5. The quantitative estimate of drug-likeness (QED) is 0.341. The normalized spacial score (nSPS) is 10.8. The highest BCUT2D eigenvalue weighted by molar-refractivity contribution is 5.86. The average Bonchev–Trinajstić information content (AvgIpc) is 2.49. The molecular weight excluding hydrogens is 248 g/mol. The lowest BCUT2D eigenvalue weighted by Gasteiger charge is -2.02. The molecule has 0 radical (unpaired) electrons. The summed E-state index contributed by atoms with van der Waals surface area (Å²) in [6.45, 7) is 2.76. The minimum absolute atomic E-state index is 0.250. The smallest absolute Gasteiger partial charge is 0.330 e. The number of esters is 1. The van der Waals surface area contributed by atoms with E-state index in [0.29, 0.717) is 6.61 Å². The summed E-state index contributed by atoms with van der Waals surface area (Å²) in [4.78, 5) is 11.5. The van der Waals surface area contributed by atoms with Gasteiger partial charge < -0.3 is 4.74 Å². The van der Waals surface area contributed by atoms with Crippen molar-refractivity contribution in [3.63, 3.8) is 0 Å². The van der Waals surface area contributed by atoms with E-state index in [9.17, 15) is 4.79 Å². The lowest BCUT2D eigenvalue weighted by molar-refractivity contribution is -0.137. The van der Waals surface area contributed by atoms with Crippen molar-refractivity contribution in [2.45, 2.75) is 51.9 Å². The lowest BCUT2D eigenvalue weighted by Crippen LogP contribution is -2.02. The molecule has 0 saturated heterocycles. The van der Waals surface area contributed by atoms with E-state index in [4.69, 9.17) is 4.74 Å². The molecule has 20 heavy (non-hydrogen) atoms. The van der Waals surface area contributed by atoms with Gasteiger partial charge in [-0.3, -0.25) is 0 Å². The van der Waals surface area contributed by atoms with Crippen molar-refractivity contribution in [2.24, 2.45) is 0 Å². The Hall–Kier alpha value is -1.57. The molecule has 0 aliphatic rings. The van der Waals surface area contributed by atoms with Gasteiger partial charge in [-0.05, 0) is 18.1 Å². The van der Waals surface area contributed by atoms with E-state index in [0.717, 1.165) is 18.4 Å². The maximum Gasteiger partial charge on any atom is 0.330 e. The van der Waals surface area contributed by atoms with Gasteiger partial charge in [0.2, 0.25) is 0 Å². The monoisotopic (exact) mass is 274 g/mol. The molecule has 0 spiro atoms. The van der Waals surface area contributed by atoms with Gasteiger partial charge in [-0.1, -0.05) is 75.8 Å². The highest BCUT2D eigenvalue weighted by Gasteiger charge is 1.97. The largest absolute Gasteiger partial charge is 0.463 e. The molecule has 0 aromatic heterocycles. The Bertz CT molecular complexity index is 382. The van der Waals surface area contributed by atoms with Crippen LogP contribution in [0.3, 0.4) is 0 Å². The third-order valence-corrected chi connectivity index (χ3v) is 3.20. The van der Waals surface area contributed by atoms with Crippen molar-refractivity contribution in [2.75, 3.05) is 6.61 Å². The van der Waals surface area contributed by atoms with Crippen LogP contribution in [-0.4, -0.2) is 12.6 Å². The van der Waals surface area contributed by atoms with E-state index in [-0.39, 0.29) is 5.97 Å². The van der Waals surface area contributed by atoms with Gasteiger partial charge in [0.25, 0.3) is 0 Å². The topological polar surface area (TPSA) is 26.3 Å². The van der Waals surface area contributed by atoms with Gasteiger partial charge in [-0.2, -0.15) is 0 Å². The van der Waals surface area contributed by atoms with Gasteiger partial charge in [0, 0.05) is 6.08 Å². The lowest BCUT2D eigenvalue weighted by atomic mass is 10.1. The SMILES string of the molecule is CCCCCCCCCOC(=O)/C=C/c1ccccc1. The number of ether oxygens (including phenoxy) is 1. The van der Waals surface area contributed by atoms with Gasteiger partial charge >= 0.3 is 5.97 Å². The number of hydrogen-bond acceptors (Lipinski definition) is 2. The Labute approximate surface area is 122 Å². The first kappa shape index (κ1) is 16.5. The van der Waals surface area contributed by atoms with Gasteiger partial charge in [-0.25, -0.2) is 4.79 Å². The zero-order valence-electron chi connectivity index (χ0n) is 12.5. The number of carbonyl (C=O) groups is 1. The van der Waals surface area contributed by atoms with Crippen LogP contribution in [0, 0.1) is 0 Å². The summed E-state index contributed by atoms with van der Waals surface area (Å²) in [5.41, 5.74) is 1.01. The van der Waals surface area contributed by atoms with E-state index in [2.05, 4.69) is 6.92 Å². The second kappa shape index (κ2) is 11.3. The third-order valence-electron chi connectivity index (χ3n) is 3.20. The third kappa shape index (κ3) is 8.52. The first-order valence-electron chi connectivity index (χ1n) is 7.73. The molecule has 0 amide bonds. The zero-order chi connectivity index (χ0) is 14.5. The molecular formula is C18H26O2. The molecule has 0 saturated carbocycles. The van der Waals surface area contributed by atoms with Gasteiger partial charge in [-0.15, -0.1) is 0 Å². The second-order valence-corrected chi connectivity index (χ2v) is 5.03. The van der Waals surface area contributed by atoms with Crippen LogP contribution in [0.15, 0.2) is 36.4 Å². The standard InChI is InChI=1S/C18H26O2/c1-2-3-4-5-6-7-11-16-20-18(19)15-14-17-12-9-8-10-13-17/h8-10,12-15H,2-7,11,16H2,1H3/b15-14+. The second-order valence-electron chi connectivity index (χ2n) is 5.03. The molecule has 2 heteroatoms. The van der Waals surface area contributed by atoms with Crippen molar-refractivity contribution in [3.8, 4) is 0 Å². The number of rotatable bonds is 10. The van der Waals surface area contributed by atoms with Crippen LogP contribution in [0.2, 0.25) is 0 Å². The molecule has 0 fully saturated rings. The maximum absolute atomic E-state index is 11.5. The summed E-state index contributed by atoms with van der Waals surface area (Å²) < 4.78 is 5.17. The molecule has 0 N–H and O–H groups in total. The molecule has 110 valence electrons. The van der Waals surface area contributed by atoms with Crippen molar-refractivity contribution < 1.29 is 9.53 Å². The molecule has 0 heterocycles. The first-order valence-corrected chi connectivity index (χ1v) is 7.73. The Morgan fingerprint density at radius 1 is 1.00 bits per heavy atom. The van der Waals surface area contributed by atoms with Crippen LogP contribution < -0.4 is 0 Å². The number of hydrogen-bond donors (Lipinski definition) is 0. The first-order chi connectivity index (χ1) is 9.83. The summed E-state index contributed by atoms with van der Waals surface area (Å²) >= 11 is 0. The molecule has 1 aromatic carbocycles. The van der Waals surface area contributed by atoms with E-state index in [1.54, 1.807) is 6.08 Å². The van der Waals surface area contributed by atoms with Crippen molar-refractivity contribution >= 4 is 12.0 Å². The molecule has 0 unspecified atom stereocenters. The molecule has 0 aliphatic carbocycles. The summed E-state index contributed by atoms with van der Waals surface area (Å²) in [6.07, 6.45) is 11.9. The minimum atomic E-state index is -0.250. The number of carbonyl (C=O) groups excluding carboxylic acids is 1. The van der Waals surface area contributed by atoms with E-state index in [1.165, 1.54) is 38.2 Å². The average molecular weight is 274 g/mol. The molecule has 1 rings (SSSR count). The van der Waals surface area contributed by atoms with E-state index in [1.807, 2.05) is 30.3 Å². The van der Waals surface area contributed by atoms with Crippen LogP contribution in [0.4, 0.5) is 0 Å². The Morgan fingerprint density at radius 3 is 2.35 bits per heavy atom. The fourth-order valence-corrected chi connectivity index (χ4v) is 2.01. The predicted molar refractivity (Wildman–Crippen MR) is 84.4 cm³/mol. The minimum Gasteiger partial charge on any atom is -0.463 e. The molecule has 0 aliphatic heterocycles. The Morgan fingerprint density at radius 2 is 1.65 bits per heavy atom. The fraction of sp³-hybridized carbons (Fsp3) is 0.500. The summed E-state index contributed by atoms with van der Waals surface area (Å²) in [5.74, 6) is -0.250. The highest BCUT2D eigenvalue weighted by Crippen LogP contribution is 2.07. The van der Waals surface area contributed by atoms with Crippen molar-refractivity contribution in [3.05, 3.63) is 42.0 Å². The van der Waals surface area contributed by atoms with Gasteiger partial charge in [0.1, 0.15) is 0 Å². The Balaban J connectivity index is 2.02. The van der Waals surface area contributed by atoms with Crippen LogP contribution in [0.1, 0.15) is 57.4 Å². The van der Waals surface area contributed by atoms with Crippen LogP contribution >= 0.6 is 0 Å². The molecule has 0 bridgehead atoms. The van der Waals surface area contributed by atoms with Crippen LogP contribution in [-0.2, 0) is 9.53 Å². The van der Waals surface area contributed by atoms with Crippen molar-refractivity contribution in [1.29, 1.82) is 0 Å². The maximum atomic E-state index is 11.5. The molecule has 1 aromatic rings. The van der Waals surface area contributed by atoms with E-state index < -0.39 is 0 Å². The van der Waals surface area contributed by atoms with Gasteiger partial charge in [0.05, 0.1) is 6.61 Å². The van der Waals surface area contributed by atoms with Crippen molar-refractivity contribution in [1.82, 2.24) is 0 Å². The van der Waals surface area contributed by atoms with Crippen LogP contribution in [0.5, 0.6) is 0 Å². The summed E-state index contributed by atoms with van der Waals surface area (Å²) in [6, 6.07) is 9.77. The predicted octanol–water partition coefficient (Wildman–Crippen LogP) is 4.99. The number of unbranched alkanes of at least 4 members (excludes halogenated alkanes) is 6. The van der Waals surface area contributed by atoms with E-state index >= 15 is 0 Å². The molecule has 2 nitrogen and oxygen atoms in total. The number of benzene rings is 1. The van der Waals surface area contributed by atoms with Gasteiger partial charge in [0.15, 0.2) is 0 Å². The Kier molecular flexibility index (Phi) is 9.29. The summed E-state index contributed by atoms with van der Waals surface area (Å²) in [5, 5.41) is 0. The zero-order valence-corrected chi connectivity index (χ0v) is 12.5. The molecule has 0 atom stereocenters. The fourth-order valence-electron chi connectivity index (χ4n) is 2.01. The van der Waals surface area contributed by atoms with Crippen LogP contribution in [0.25, 0.3) is 6.08 Å². The summed E-state index contributed by atoms with van der Waals surface area (Å²) in [7, 11) is 0.